The lowest BCUT2D eigenvalue weighted by Gasteiger charge is -2.32. The number of benzene rings is 2. The molecule has 37 heavy (non-hydrogen) atoms. The van der Waals surface area contributed by atoms with Crippen LogP contribution in [0.5, 0.6) is 11.5 Å². The third-order valence-electron chi connectivity index (χ3n) is 5.81. The van der Waals surface area contributed by atoms with Crippen LogP contribution in [0, 0.1) is 11.6 Å². The van der Waals surface area contributed by atoms with E-state index in [9.17, 15) is 13.6 Å². The number of methoxy groups -OCH3 is 1. The van der Waals surface area contributed by atoms with Crippen LogP contribution >= 0.6 is 11.6 Å². The van der Waals surface area contributed by atoms with Gasteiger partial charge in [-0.3, -0.25) is 9.69 Å². The molecule has 0 spiro atoms. The molecule has 1 aromatic heterocycles. The Labute approximate surface area is 218 Å². The number of likely N-dealkylation sites (tertiary alicyclic amines) is 1. The Balaban J connectivity index is 1.50. The van der Waals surface area contributed by atoms with Crippen molar-refractivity contribution in [1.82, 2.24) is 14.9 Å². The smallest absolute Gasteiger partial charge is 0.320 e. The number of piperidine rings is 1. The zero-order chi connectivity index (χ0) is 26.7. The molecule has 0 atom stereocenters. The molecule has 1 aliphatic heterocycles. The van der Waals surface area contributed by atoms with Crippen LogP contribution in [-0.2, 0) is 9.53 Å². The van der Waals surface area contributed by atoms with Crippen LogP contribution < -0.4 is 14.8 Å². The van der Waals surface area contributed by atoms with Crippen LogP contribution in [0.4, 0.5) is 20.3 Å². The minimum absolute atomic E-state index is 0.0259. The van der Waals surface area contributed by atoms with E-state index in [0.29, 0.717) is 54.2 Å². The first-order valence-electron chi connectivity index (χ1n) is 11.9. The molecule has 198 valence electrons. The molecule has 4 rings (SSSR count). The van der Waals surface area contributed by atoms with Gasteiger partial charge < -0.3 is 19.5 Å². The van der Waals surface area contributed by atoms with Gasteiger partial charge in [0.05, 0.1) is 24.9 Å². The summed E-state index contributed by atoms with van der Waals surface area (Å²) in [6.07, 6.45) is 2.64. The van der Waals surface area contributed by atoms with E-state index in [1.807, 2.05) is 25.7 Å². The number of nitrogens with one attached hydrogen (secondary N) is 1. The van der Waals surface area contributed by atoms with Crippen LogP contribution in [-0.4, -0.2) is 59.3 Å². The lowest BCUT2D eigenvalue weighted by atomic mass is 10.1. The number of ether oxygens (including phenoxy) is 3. The number of esters is 1. The molecular weight excluding hydrogens is 506 g/mol. The van der Waals surface area contributed by atoms with Gasteiger partial charge in [-0.1, -0.05) is 11.6 Å². The maximum atomic E-state index is 14.5. The summed E-state index contributed by atoms with van der Waals surface area (Å²) < 4.78 is 45.3. The van der Waals surface area contributed by atoms with Crippen molar-refractivity contribution >= 4 is 40.0 Å². The second kappa shape index (κ2) is 11.0. The number of carbonyl (C=O) groups excluding carboxylic acids is 1. The van der Waals surface area contributed by atoms with Crippen LogP contribution in [0.3, 0.4) is 0 Å². The summed E-state index contributed by atoms with van der Waals surface area (Å²) in [7, 11) is 1.54. The van der Waals surface area contributed by atoms with Crippen molar-refractivity contribution in [2.75, 3.05) is 32.1 Å². The zero-order valence-corrected chi connectivity index (χ0v) is 21.9. The predicted octanol–water partition coefficient (Wildman–Crippen LogP) is 5.50. The SMILES string of the molecule is COc1cc2ncnc(Nc3ccc(F)c(Cl)c3F)c2cc1OC1CCN(CC(=O)OC(C)(C)C)CC1. The van der Waals surface area contributed by atoms with Crippen LogP contribution in [0.25, 0.3) is 10.9 Å². The van der Waals surface area contributed by atoms with Crippen molar-refractivity contribution in [3.63, 3.8) is 0 Å². The second-order valence-electron chi connectivity index (χ2n) is 9.77. The molecule has 0 aliphatic carbocycles. The molecule has 0 unspecified atom stereocenters. The van der Waals surface area contributed by atoms with Gasteiger partial charge in [0, 0.05) is 24.5 Å². The van der Waals surface area contributed by atoms with Crippen LogP contribution in [0.15, 0.2) is 30.6 Å². The van der Waals surface area contributed by atoms with E-state index < -0.39 is 22.3 Å². The van der Waals surface area contributed by atoms with Gasteiger partial charge in [-0.05, 0) is 51.8 Å². The molecule has 8 nitrogen and oxygen atoms in total. The number of anilines is 2. The number of fused-ring (bicyclic) bond motifs is 1. The summed E-state index contributed by atoms with van der Waals surface area (Å²) in [5.74, 6) is -0.750. The first-order chi connectivity index (χ1) is 17.5. The summed E-state index contributed by atoms with van der Waals surface area (Å²) in [6, 6.07) is 5.76. The molecule has 11 heteroatoms. The lowest BCUT2D eigenvalue weighted by Crippen LogP contribution is -2.42. The number of nitrogens with zero attached hydrogens (tertiary/aromatic N) is 3. The molecule has 1 saturated heterocycles. The third-order valence-corrected chi connectivity index (χ3v) is 6.16. The number of carbonyl (C=O) groups is 1. The van der Waals surface area contributed by atoms with Crippen LogP contribution in [0.1, 0.15) is 33.6 Å². The summed E-state index contributed by atoms with van der Waals surface area (Å²) >= 11 is 5.72. The van der Waals surface area contributed by atoms with E-state index in [0.717, 1.165) is 6.07 Å². The minimum Gasteiger partial charge on any atom is -0.493 e. The largest absolute Gasteiger partial charge is 0.493 e. The zero-order valence-electron chi connectivity index (χ0n) is 21.1. The quantitative estimate of drug-likeness (QED) is 0.314. The Hall–Kier alpha value is -3.24. The molecule has 1 N–H and O–H groups in total. The highest BCUT2D eigenvalue weighted by Gasteiger charge is 2.26. The average molecular weight is 535 g/mol. The molecule has 0 amide bonds. The predicted molar refractivity (Wildman–Crippen MR) is 137 cm³/mol. The normalized spacial score (nSPS) is 15.0. The Morgan fingerprint density at radius 3 is 2.57 bits per heavy atom. The summed E-state index contributed by atoms with van der Waals surface area (Å²) in [6.45, 7) is 7.14. The monoisotopic (exact) mass is 534 g/mol. The van der Waals surface area contributed by atoms with Crippen LogP contribution in [0.2, 0.25) is 5.02 Å². The molecular formula is C26H29ClF2N4O4. The molecule has 3 aromatic rings. The molecule has 2 aromatic carbocycles. The fourth-order valence-corrected chi connectivity index (χ4v) is 4.25. The van der Waals surface area contributed by atoms with Crippen molar-refractivity contribution in [3.05, 3.63) is 47.2 Å². The standard InChI is InChI=1S/C26H29ClF2N4O4/c1-26(2,3)37-22(34)13-33-9-7-15(8-10-33)36-21-11-16-19(12-20(21)35-4)30-14-31-25(16)32-18-6-5-17(28)23(27)24(18)29/h5-6,11-12,14-15H,7-10,13H2,1-4H3,(H,30,31,32). The number of hydrogen-bond donors (Lipinski definition) is 1. The van der Waals surface area contributed by atoms with Gasteiger partial charge in [0.15, 0.2) is 17.3 Å². The fourth-order valence-electron chi connectivity index (χ4n) is 4.09. The minimum atomic E-state index is -0.920. The first kappa shape index (κ1) is 26.8. The summed E-state index contributed by atoms with van der Waals surface area (Å²) in [5.41, 5.74) is 0.00154. The molecule has 1 aliphatic rings. The number of aromatic nitrogens is 2. The number of hydrogen-bond acceptors (Lipinski definition) is 8. The Bertz CT molecular complexity index is 1290. The van der Waals surface area contributed by atoms with Gasteiger partial charge in [0.2, 0.25) is 0 Å². The Kier molecular flexibility index (Phi) is 7.99. The number of rotatable bonds is 7. The van der Waals surface area contributed by atoms with Crippen molar-refractivity contribution in [3.8, 4) is 11.5 Å². The van der Waals surface area contributed by atoms with E-state index in [1.54, 1.807) is 12.1 Å². The maximum Gasteiger partial charge on any atom is 0.320 e. The Morgan fingerprint density at radius 1 is 1.16 bits per heavy atom. The van der Waals surface area contributed by atoms with Gasteiger partial charge in [-0.25, -0.2) is 18.7 Å². The van der Waals surface area contributed by atoms with E-state index in [4.69, 9.17) is 25.8 Å². The van der Waals surface area contributed by atoms with E-state index >= 15 is 0 Å². The lowest BCUT2D eigenvalue weighted by molar-refractivity contribution is -0.156. The topological polar surface area (TPSA) is 85.8 Å². The highest BCUT2D eigenvalue weighted by atomic mass is 35.5. The molecule has 2 heterocycles. The van der Waals surface area contributed by atoms with Gasteiger partial charge in [-0.15, -0.1) is 0 Å². The van der Waals surface area contributed by atoms with Crippen molar-refractivity contribution in [2.24, 2.45) is 0 Å². The van der Waals surface area contributed by atoms with E-state index in [-0.39, 0.29) is 24.3 Å². The second-order valence-corrected chi connectivity index (χ2v) is 10.1. The highest BCUT2D eigenvalue weighted by Crippen LogP contribution is 2.37. The highest BCUT2D eigenvalue weighted by molar-refractivity contribution is 6.31. The van der Waals surface area contributed by atoms with Crippen molar-refractivity contribution < 1.29 is 27.8 Å². The maximum absolute atomic E-state index is 14.5. The van der Waals surface area contributed by atoms with Gasteiger partial charge >= 0.3 is 5.97 Å². The average Bonchev–Trinajstić information content (AvgIpc) is 2.84. The Morgan fingerprint density at radius 2 is 1.89 bits per heavy atom. The van der Waals surface area contributed by atoms with Gasteiger partial charge in [0.25, 0.3) is 0 Å². The van der Waals surface area contributed by atoms with Gasteiger partial charge in [-0.2, -0.15) is 0 Å². The van der Waals surface area contributed by atoms with E-state index in [2.05, 4.69) is 15.3 Å². The first-order valence-corrected chi connectivity index (χ1v) is 12.3. The summed E-state index contributed by atoms with van der Waals surface area (Å²) in [5, 5.41) is 2.82. The summed E-state index contributed by atoms with van der Waals surface area (Å²) in [4.78, 5) is 22.7. The fraction of sp³-hybridized carbons (Fsp3) is 0.423. The molecule has 0 saturated carbocycles. The van der Waals surface area contributed by atoms with Gasteiger partial charge in [0.1, 0.15) is 34.7 Å². The van der Waals surface area contributed by atoms with Crippen molar-refractivity contribution in [2.45, 2.75) is 45.3 Å². The molecule has 1 fully saturated rings. The van der Waals surface area contributed by atoms with E-state index in [1.165, 1.54) is 19.5 Å². The number of halogens is 3. The third kappa shape index (κ3) is 6.56. The molecule has 0 bridgehead atoms. The van der Waals surface area contributed by atoms with Crippen molar-refractivity contribution in [1.29, 1.82) is 0 Å². The molecule has 0 radical (unpaired) electrons.